The molecule has 0 fully saturated rings. The Balaban J connectivity index is 1.96. The minimum atomic E-state index is -2.93. The first-order valence-electron chi connectivity index (χ1n) is 7.49. The summed E-state index contributed by atoms with van der Waals surface area (Å²) in [7, 11) is 0. The average Bonchev–Trinajstić information content (AvgIpc) is 3.08. The Morgan fingerprint density at radius 2 is 2.19 bits per heavy atom. The molecule has 3 heterocycles. The number of carbonyl (C=O) groups is 1. The van der Waals surface area contributed by atoms with Crippen LogP contribution in [0, 0.1) is 0 Å². The number of rotatable bonds is 6. The van der Waals surface area contributed by atoms with E-state index in [1.165, 1.54) is 12.3 Å². The molecule has 2 N–H and O–H groups in total. The number of ether oxygens (including phenoxy) is 2. The summed E-state index contributed by atoms with van der Waals surface area (Å²) in [6.07, 6.45) is -1.36. The van der Waals surface area contributed by atoms with Crippen LogP contribution in [0.25, 0.3) is 10.4 Å². The molecule has 1 aliphatic rings. The Bertz CT molecular complexity index is 815. The molecule has 2 aromatic rings. The molecule has 0 unspecified atom stereocenters. The van der Waals surface area contributed by atoms with E-state index in [1.54, 1.807) is 0 Å². The Morgan fingerprint density at radius 3 is 2.81 bits per heavy atom. The lowest BCUT2D eigenvalue weighted by Crippen LogP contribution is -2.30. The second-order valence-electron chi connectivity index (χ2n) is 5.44. The first kappa shape index (κ1) is 18.5. The molecule has 26 heavy (non-hydrogen) atoms. The van der Waals surface area contributed by atoms with Crippen LogP contribution >= 0.6 is 11.3 Å². The predicted molar refractivity (Wildman–Crippen MR) is 83.5 cm³/mol. The number of amides is 1. The van der Waals surface area contributed by atoms with Gasteiger partial charge in [0.1, 0.15) is 11.8 Å². The van der Waals surface area contributed by atoms with E-state index in [2.05, 4.69) is 14.7 Å². The maximum atomic E-state index is 12.8. The van der Waals surface area contributed by atoms with Gasteiger partial charge in [-0.15, -0.1) is 11.3 Å². The topological polar surface area (TPSA) is 87.3 Å². The van der Waals surface area contributed by atoms with Crippen LogP contribution in [-0.4, -0.2) is 35.2 Å². The van der Waals surface area contributed by atoms with Crippen molar-refractivity contribution in [2.24, 2.45) is 5.73 Å². The smallest absolute Gasteiger partial charge is 0.345 e. The number of pyridine rings is 1. The molecule has 3 rings (SSSR count). The van der Waals surface area contributed by atoms with Crippen molar-refractivity contribution in [2.75, 3.05) is 6.61 Å². The number of fused-ring (bicyclic) bond motifs is 1. The fourth-order valence-electron chi connectivity index (χ4n) is 2.57. The van der Waals surface area contributed by atoms with E-state index in [-0.39, 0.29) is 23.2 Å². The van der Waals surface area contributed by atoms with Gasteiger partial charge in [-0.2, -0.15) is 8.78 Å². The SMILES string of the molecule is NC(=O)c1cc(-c2cnc(C(F)F)s2)c2c(n1)O[C@@H](COC(F)F)CC2. The van der Waals surface area contributed by atoms with E-state index >= 15 is 0 Å². The standard InChI is InChI=1S/C15H13F4N3O3S/c16-11(17)14-21-4-10(26-14)8-3-9(12(20)23)22-13-7(8)2-1-6(25-13)5-24-15(18)19/h3-4,6,11,15H,1-2,5H2,(H2,20,23)/t6-/m1/s1. The largest absolute Gasteiger partial charge is 0.472 e. The van der Waals surface area contributed by atoms with E-state index in [0.29, 0.717) is 28.8 Å². The van der Waals surface area contributed by atoms with Crippen molar-refractivity contribution in [2.45, 2.75) is 32.0 Å². The highest BCUT2D eigenvalue weighted by Crippen LogP contribution is 2.39. The lowest BCUT2D eigenvalue weighted by atomic mass is 9.98. The van der Waals surface area contributed by atoms with Gasteiger partial charge in [0.25, 0.3) is 12.3 Å². The molecule has 0 spiro atoms. The molecular formula is C15H13F4N3O3S. The minimum Gasteiger partial charge on any atom is -0.472 e. The summed E-state index contributed by atoms with van der Waals surface area (Å²) in [5, 5.41) is -0.355. The van der Waals surface area contributed by atoms with Gasteiger partial charge in [0.2, 0.25) is 5.88 Å². The molecule has 0 radical (unpaired) electrons. The second kappa shape index (κ2) is 7.54. The fraction of sp³-hybridized carbons (Fsp3) is 0.400. The minimum absolute atomic E-state index is 0.0532. The number of carbonyl (C=O) groups excluding carboxylic acids is 1. The third-order valence-electron chi connectivity index (χ3n) is 3.72. The number of alkyl halides is 4. The molecule has 140 valence electrons. The molecule has 11 heteroatoms. The number of aromatic nitrogens is 2. The van der Waals surface area contributed by atoms with Crippen molar-refractivity contribution in [3.63, 3.8) is 0 Å². The number of halogens is 4. The summed E-state index contributed by atoms with van der Waals surface area (Å²) in [6, 6.07) is 1.39. The van der Waals surface area contributed by atoms with Crippen LogP contribution in [0.3, 0.4) is 0 Å². The van der Waals surface area contributed by atoms with Crippen LogP contribution in [-0.2, 0) is 11.2 Å². The molecule has 0 aliphatic carbocycles. The highest BCUT2D eigenvalue weighted by molar-refractivity contribution is 7.15. The van der Waals surface area contributed by atoms with Gasteiger partial charge in [-0.05, 0) is 18.9 Å². The van der Waals surface area contributed by atoms with Crippen molar-refractivity contribution in [3.05, 3.63) is 28.5 Å². The van der Waals surface area contributed by atoms with Gasteiger partial charge in [0.05, 0.1) is 11.5 Å². The van der Waals surface area contributed by atoms with Gasteiger partial charge >= 0.3 is 6.61 Å². The number of primary amides is 1. The number of hydrogen-bond acceptors (Lipinski definition) is 6. The lowest BCUT2D eigenvalue weighted by molar-refractivity contribution is -0.146. The Labute approximate surface area is 149 Å². The molecule has 0 saturated heterocycles. The summed E-state index contributed by atoms with van der Waals surface area (Å²) in [6.45, 7) is -3.27. The van der Waals surface area contributed by atoms with Crippen LogP contribution in [0.2, 0.25) is 0 Å². The van der Waals surface area contributed by atoms with Gasteiger partial charge in [0.15, 0.2) is 5.01 Å². The van der Waals surface area contributed by atoms with Gasteiger partial charge in [-0.1, -0.05) is 0 Å². The number of nitrogens with two attached hydrogens (primary N) is 1. The summed E-state index contributed by atoms with van der Waals surface area (Å²) in [5.41, 5.74) is 6.18. The molecule has 0 aromatic carbocycles. The molecule has 1 atom stereocenters. The third-order valence-corrected chi connectivity index (χ3v) is 4.76. The number of nitrogens with zero attached hydrogens (tertiary/aromatic N) is 2. The van der Waals surface area contributed by atoms with E-state index in [1.807, 2.05) is 0 Å². The van der Waals surface area contributed by atoms with E-state index in [4.69, 9.17) is 10.5 Å². The normalized spacial score (nSPS) is 16.6. The lowest BCUT2D eigenvalue weighted by Gasteiger charge is -2.26. The average molecular weight is 391 g/mol. The second-order valence-corrected chi connectivity index (χ2v) is 6.50. The zero-order valence-corrected chi connectivity index (χ0v) is 13.9. The Morgan fingerprint density at radius 1 is 1.42 bits per heavy atom. The maximum Gasteiger partial charge on any atom is 0.345 e. The van der Waals surface area contributed by atoms with Crippen molar-refractivity contribution in [3.8, 4) is 16.3 Å². The van der Waals surface area contributed by atoms with E-state index < -0.39 is 25.0 Å². The summed E-state index contributed by atoms with van der Waals surface area (Å²) < 4.78 is 59.8. The number of hydrogen-bond donors (Lipinski definition) is 1. The van der Waals surface area contributed by atoms with Crippen LogP contribution in [0.4, 0.5) is 17.6 Å². The fourth-order valence-corrected chi connectivity index (χ4v) is 3.38. The molecule has 6 nitrogen and oxygen atoms in total. The Kier molecular flexibility index (Phi) is 5.37. The summed E-state index contributed by atoms with van der Waals surface area (Å²) in [5.74, 6) is -0.778. The number of thiazole rings is 1. The maximum absolute atomic E-state index is 12.8. The van der Waals surface area contributed by atoms with Crippen molar-refractivity contribution >= 4 is 17.2 Å². The van der Waals surface area contributed by atoms with Gasteiger partial charge in [-0.3, -0.25) is 4.79 Å². The third kappa shape index (κ3) is 3.93. The van der Waals surface area contributed by atoms with E-state index in [0.717, 1.165) is 11.3 Å². The highest BCUT2D eigenvalue weighted by Gasteiger charge is 2.27. The molecule has 0 bridgehead atoms. The summed E-state index contributed by atoms with van der Waals surface area (Å²) >= 11 is 0.782. The van der Waals surface area contributed by atoms with Crippen LogP contribution in [0.5, 0.6) is 5.88 Å². The first-order chi connectivity index (χ1) is 12.3. The monoisotopic (exact) mass is 391 g/mol. The molecule has 2 aromatic heterocycles. The van der Waals surface area contributed by atoms with Crippen molar-refractivity contribution in [1.29, 1.82) is 0 Å². The molecule has 0 saturated carbocycles. The van der Waals surface area contributed by atoms with Crippen molar-refractivity contribution in [1.82, 2.24) is 9.97 Å². The van der Waals surface area contributed by atoms with Gasteiger partial charge < -0.3 is 15.2 Å². The van der Waals surface area contributed by atoms with Gasteiger partial charge in [0, 0.05) is 17.3 Å². The highest BCUT2D eigenvalue weighted by atomic mass is 32.1. The molecule has 1 amide bonds. The zero-order valence-electron chi connectivity index (χ0n) is 13.1. The molecular weight excluding hydrogens is 378 g/mol. The molecule has 1 aliphatic heterocycles. The van der Waals surface area contributed by atoms with Crippen LogP contribution < -0.4 is 10.5 Å². The zero-order chi connectivity index (χ0) is 18.8. The van der Waals surface area contributed by atoms with Crippen LogP contribution in [0.15, 0.2) is 12.3 Å². The van der Waals surface area contributed by atoms with E-state index in [9.17, 15) is 22.4 Å². The van der Waals surface area contributed by atoms with Gasteiger partial charge in [-0.25, -0.2) is 18.7 Å². The summed E-state index contributed by atoms with van der Waals surface area (Å²) in [4.78, 5) is 19.6. The van der Waals surface area contributed by atoms with Crippen molar-refractivity contribution < 1.29 is 31.8 Å². The Hall–Kier alpha value is -2.27. The van der Waals surface area contributed by atoms with Crippen LogP contribution in [0.1, 0.15) is 33.9 Å². The first-order valence-corrected chi connectivity index (χ1v) is 8.31. The quantitative estimate of drug-likeness (QED) is 0.765. The predicted octanol–water partition coefficient (Wildman–Crippen LogP) is 3.17.